The topological polar surface area (TPSA) is 32.3 Å². The first-order valence-electron chi connectivity index (χ1n) is 5.25. The summed E-state index contributed by atoms with van der Waals surface area (Å²) in [5.41, 5.74) is 0.0824. The number of hydrogen-bond acceptors (Lipinski definition) is 3. The summed E-state index contributed by atoms with van der Waals surface area (Å²) in [6.07, 6.45) is 3.50. The zero-order chi connectivity index (χ0) is 10.9. The molecule has 0 aromatic carbocycles. The molecule has 0 bridgehead atoms. The second-order valence-electron chi connectivity index (χ2n) is 4.24. The van der Waals surface area contributed by atoms with Crippen molar-refractivity contribution in [1.29, 1.82) is 0 Å². The van der Waals surface area contributed by atoms with Gasteiger partial charge in [0.05, 0.1) is 10.4 Å². The molecule has 0 aliphatic heterocycles. The van der Waals surface area contributed by atoms with Crippen LogP contribution in [-0.2, 0) is 0 Å². The number of halogens is 1. The van der Waals surface area contributed by atoms with Crippen molar-refractivity contribution >= 4 is 27.3 Å². The lowest BCUT2D eigenvalue weighted by Crippen LogP contribution is -2.44. The van der Waals surface area contributed by atoms with Crippen LogP contribution in [0.4, 0.5) is 0 Å². The van der Waals surface area contributed by atoms with Gasteiger partial charge in [0.25, 0.3) is 0 Å². The molecule has 1 fully saturated rings. The molecule has 2 N–H and O–H groups in total. The predicted octanol–water partition coefficient (Wildman–Crippen LogP) is 2.93. The normalized spacial score (nSPS) is 21.0. The molecule has 2 rings (SSSR count). The fourth-order valence-electron chi connectivity index (χ4n) is 2.40. The third-order valence-electron chi connectivity index (χ3n) is 3.44. The summed E-state index contributed by atoms with van der Waals surface area (Å²) in [7, 11) is 1.98. The molecule has 0 saturated heterocycles. The second kappa shape index (κ2) is 4.53. The summed E-state index contributed by atoms with van der Waals surface area (Å²) in [5, 5.41) is 12.9. The van der Waals surface area contributed by atoms with Crippen molar-refractivity contribution in [1.82, 2.24) is 5.32 Å². The summed E-state index contributed by atoms with van der Waals surface area (Å²) in [6, 6.07) is 4.52. The van der Waals surface area contributed by atoms with Gasteiger partial charge in [0.1, 0.15) is 0 Å². The number of nitrogens with one attached hydrogen (secondary N) is 1. The molecule has 1 atom stereocenters. The first kappa shape index (κ1) is 11.6. The molecule has 1 unspecified atom stereocenters. The fraction of sp³-hybridized carbons (Fsp3) is 0.636. The standard InChI is InChI=1S/C11H16BrNOS/c1-13-10(8-3-4-9(12)15-8)11(7-14)5-2-6-11/h3-4,10,13-14H,2,5-7H2,1H3. The number of rotatable bonds is 4. The zero-order valence-corrected chi connectivity index (χ0v) is 11.2. The molecular weight excluding hydrogens is 274 g/mol. The van der Waals surface area contributed by atoms with Crippen LogP contribution in [0.1, 0.15) is 30.2 Å². The Morgan fingerprint density at radius 3 is 2.67 bits per heavy atom. The van der Waals surface area contributed by atoms with Gasteiger partial charge in [0.15, 0.2) is 0 Å². The lowest BCUT2D eigenvalue weighted by molar-refractivity contribution is 0.00899. The quantitative estimate of drug-likeness (QED) is 0.893. The Kier molecular flexibility index (Phi) is 3.50. The summed E-state index contributed by atoms with van der Waals surface area (Å²) in [6.45, 7) is 0.286. The van der Waals surface area contributed by atoms with E-state index < -0.39 is 0 Å². The lowest BCUT2D eigenvalue weighted by atomic mass is 9.64. The van der Waals surface area contributed by atoms with Gasteiger partial charge in [-0.05, 0) is 48.0 Å². The Bertz CT molecular complexity index is 330. The van der Waals surface area contributed by atoms with Crippen LogP contribution >= 0.6 is 27.3 Å². The van der Waals surface area contributed by atoms with E-state index in [1.165, 1.54) is 11.3 Å². The van der Waals surface area contributed by atoms with Crippen LogP contribution in [0, 0.1) is 5.41 Å². The van der Waals surface area contributed by atoms with E-state index in [-0.39, 0.29) is 12.0 Å². The molecule has 2 nitrogen and oxygen atoms in total. The van der Waals surface area contributed by atoms with Crippen molar-refractivity contribution in [3.8, 4) is 0 Å². The molecule has 15 heavy (non-hydrogen) atoms. The molecule has 0 spiro atoms. The highest BCUT2D eigenvalue weighted by molar-refractivity contribution is 9.11. The van der Waals surface area contributed by atoms with E-state index in [1.807, 2.05) is 7.05 Å². The zero-order valence-electron chi connectivity index (χ0n) is 8.79. The van der Waals surface area contributed by atoms with Crippen molar-refractivity contribution in [3.63, 3.8) is 0 Å². The molecule has 0 amide bonds. The van der Waals surface area contributed by atoms with Crippen molar-refractivity contribution in [3.05, 3.63) is 20.8 Å². The fourth-order valence-corrected chi connectivity index (χ4v) is 4.08. The van der Waals surface area contributed by atoms with Gasteiger partial charge in [-0.2, -0.15) is 0 Å². The van der Waals surface area contributed by atoms with Crippen molar-refractivity contribution in [2.24, 2.45) is 5.41 Å². The van der Waals surface area contributed by atoms with Gasteiger partial charge in [-0.25, -0.2) is 0 Å². The minimum Gasteiger partial charge on any atom is -0.396 e. The molecule has 4 heteroatoms. The summed E-state index contributed by atoms with van der Waals surface area (Å²) >= 11 is 5.24. The van der Waals surface area contributed by atoms with E-state index in [9.17, 15) is 5.11 Å². The van der Waals surface area contributed by atoms with Crippen LogP contribution in [0.2, 0.25) is 0 Å². The minimum atomic E-state index is 0.0824. The van der Waals surface area contributed by atoms with Gasteiger partial charge in [0, 0.05) is 16.3 Å². The average molecular weight is 290 g/mol. The molecule has 1 aliphatic carbocycles. The van der Waals surface area contributed by atoms with Crippen LogP contribution in [0.25, 0.3) is 0 Å². The highest BCUT2D eigenvalue weighted by atomic mass is 79.9. The van der Waals surface area contributed by atoms with Gasteiger partial charge < -0.3 is 10.4 Å². The number of hydrogen-bond donors (Lipinski definition) is 2. The smallest absolute Gasteiger partial charge is 0.0701 e. The predicted molar refractivity (Wildman–Crippen MR) is 67.2 cm³/mol. The van der Waals surface area contributed by atoms with Crippen LogP contribution < -0.4 is 5.32 Å². The first-order valence-corrected chi connectivity index (χ1v) is 6.86. The van der Waals surface area contributed by atoms with Crippen LogP contribution in [0.3, 0.4) is 0 Å². The maximum Gasteiger partial charge on any atom is 0.0701 e. The Labute approximate surface area is 103 Å². The maximum absolute atomic E-state index is 9.56. The van der Waals surface area contributed by atoms with Gasteiger partial charge in [-0.1, -0.05) is 6.42 Å². The molecule has 1 heterocycles. The SMILES string of the molecule is CNC(c1ccc(Br)s1)C1(CO)CCC1. The molecule has 1 saturated carbocycles. The summed E-state index contributed by atoms with van der Waals surface area (Å²) in [4.78, 5) is 1.32. The van der Waals surface area contributed by atoms with Crippen LogP contribution in [0.5, 0.6) is 0 Å². The van der Waals surface area contributed by atoms with E-state index in [1.54, 1.807) is 11.3 Å². The molecule has 1 aromatic heterocycles. The van der Waals surface area contributed by atoms with E-state index in [0.29, 0.717) is 6.04 Å². The Morgan fingerprint density at radius 1 is 1.60 bits per heavy atom. The molecule has 84 valence electrons. The highest BCUT2D eigenvalue weighted by Crippen LogP contribution is 2.51. The van der Waals surface area contributed by atoms with Gasteiger partial charge in [0.2, 0.25) is 0 Å². The first-order chi connectivity index (χ1) is 7.22. The number of thiophene rings is 1. The van der Waals surface area contributed by atoms with Crippen LogP contribution in [0.15, 0.2) is 15.9 Å². The molecule has 1 aromatic rings. The van der Waals surface area contributed by atoms with Crippen molar-refractivity contribution < 1.29 is 5.11 Å². The molecule has 1 aliphatic rings. The van der Waals surface area contributed by atoms with E-state index in [2.05, 4.69) is 33.4 Å². The monoisotopic (exact) mass is 289 g/mol. The second-order valence-corrected chi connectivity index (χ2v) is 6.73. The van der Waals surface area contributed by atoms with Crippen LogP contribution in [-0.4, -0.2) is 18.8 Å². The minimum absolute atomic E-state index is 0.0824. The molecular formula is C11H16BrNOS. The summed E-state index contributed by atoms with van der Waals surface area (Å²) in [5.74, 6) is 0. The molecule has 0 radical (unpaired) electrons. The van der Waals surface area contributed by atoms with Gasteiger partial charge in [-0.15, -0.1) is 11.3 Å². The average Bonchev–Trinajstić information content (AvgIpc) is 2.58. The number of aliphatic hydroxyl groups excluding tert-OH is 1. The Morgan fingerprint density at radius 2 is 2.33 bits per heavy atom. The van der Waals surface area contributed by atoms with Crippen molar-refractivity contribution in [2.75, 3.05) is 13.7 Å². The highest BCUT2D eigenvalue weighted by Gasteiger charge is 2.44. The Hall–Kier alpha value is 0.1000. The van der Waals surface area contributed by atoms with Gasteiger partial charge >= 0.3 is 0 Å². The summed E-state index contributed by atoms with van der Waals surface area (Å²) < 4.78 is 1.16. The van der Waals surface area contributed by atoms with E-state index in [4.69, 9.17) is 0 Å². The van der Waals surface area contributed by atoms with E-state index >= 15 is 0 Å². The Balaban J connectivity index is 2.23. The maximum atomic E-state index is 9.56. The lowest BCUT2D eigenvalue weighted by Gasteiger charge is -2.46. The third-order valence-corrected chi connectivity index (χ3v) is 5.13. The van der Waals surface area contributed by atoms with Gasteiger partial charge in [-0.3, -0.25) is 0 Å². The number of aliphatic hydroxyl groups is 1. The third kappa shape index (κ3) is 2.00. The van der Waals surface area contributed by atoms with Crippen molar-refractivity contribution in [2.45, 2.75) is 25.3 Å². The van der Waals surface area contributed by atoms with E-state index in [0.717, 1.165) is 16.6 Å². The largest absolute Gasteiger partial charge is 0.396 e.